The molecule has 5 nitrogen and oxygen atoms in total. The Hall–Kier alpha value is -0.880. The molecule has 4 bridgehead atoms. The van der Waals surface area contributed by atoms with Crippen LogP contribution in [0.3, 0.4) is 0 Å². The van der Waals surface area contributed by atoms with Crippen LogP contribution in [0.4, 0.5) is 4.79 Å². The Morgan fingerprint density at radius 2 is 2.13 bits per heavy atom. The molecule has 3 fully saturated rings. The molecule has 1 heterocycles. The molecule has 0 radical (unpaired) electrons. The smallest absolute Gasteiger partial charge is 0.409 e. The molecule has 0 spiro atoms. The first kappa shape index (κ1) is 21.9. The lowest BCUT2D eigenvalue weighted by Crippen LogP contribution is -2.69. The summed E-state index contributed by atoms with van der Waals surface area (Å²) in [7, 11) is 1.81. The van der Waals surface area contributed by atoms with E-state index >= 15 is 0 Å². The highest BCUT2D eigenvalue weighted by Crippen LogP contribution is 2.72. The fourth-order valence-corrected chi connectivity index (χ4v) is 8.21. The van der Waals surface area contributed by atoms with E-state index in [4.69, 9.17) is 39.5 Å². The minimum atomic E-state index is -1.63. The lowest BCUT2D eigenvalue weighted by Gasteiger charge is -2.64. The zero-order valence-corrected chi connectivity index (χ0v) is 20.1. The van der Waals surface area contributed by atoms with E-state index in [0.717, 1.165) is 38.6 Å². The molecule has 6 atom stereocenters. The van der Waals surface area contributed by atoms with Crippen LogP contribution in [0.2, 0.25) is 0 Å². The van der Waals surface area contributed by atoms with Crippen molar-refractivity contribution in [3.63, 3.8) is 0 Å². The highest BCUT2D eigenvalue weighted by Gasteiger charge is 2.72. The zero-order valence-electron chi connectivity index (χ0n) is 17.8. The van der Waals surface area contributed by atoms with Crippen LogP contribution < -0.4 is 5.32 Å². The number of phenolic OH excluding ortho intramolecular Hbond substituents is 1. The summed E-state index contributed by atoms with van der Waals surface area (Å²) < 4.78 is 3.70. The Balaban J connectivity index is 1.56. The van der Waals surface area contributed by atoms with Gasteiger partial charge < -0.3 is 20.1 Å². The van der Waals surface area contributed by atoms with E-state index in [1.807, 2.05) is 13.1 Å². The van der Waals surface area contributed by atoms with Gasteiger partial charge in [0.05, 0.1) is 0 Å². The Kier molecular flexibility index (Phi) is 5.17. The third kappa shape index (κ3) is 3.10. The van der Waals surface area contributed by atoms with Crippen molar-refractivity contribution >= 4 is 40.9 Å². The van der Waals surface area contributed by atoms with E-state index in [2.05, 4.69) is 18.3 Å². The van der Waals surface area contributed by atoms with E-state index in [1.165, 1.54) is 11.1 Å². The summed E-state index contributed by atoms with van der Waals surface area (Å²) in [4.78, 5) is 14.6. The lowest BCUT2D eigenvalue weighted by molar-refractivity contribution is -0.0540. The highest BCUT2D eigenvalue weighted by atomic mass is 35.6. The number of carbonyl (C=O) groups excluding carboxylic acids is 1. The van der Waals surface area contributed by atoms with Crippen molar-refractivity contribution in [1.29, 1.82) is 0 Å². The van der Waals surface area contributed by atoms with Crippen LogP contribution in [-0.2, 0) is 16.6 Å². The van der Waals surface area contributed by atoms with Crippen LogP contribution in [0.5, 0.6) is 5.75 Å². The first-order valence-corrected chi connectivity index (χ1v) is 12.2. The fourth-order valence-electron chi connectivity index (χ4n) is 8.04. The number of hydrogen-bond donors (Lipinski definition) is 2. The molecule has 0 aromatic heterocycles. The summed E-state index contributed by atoms with van der Waals surface area (Å²) in [5.74, 6) is 1.06. The van der Waals surface area contributed by atoms with Crippen LogP contribution in [0.25, 0.3) is 0 Å². The number of alkyl halides is 3. The number of nitrogens with zero attached hydrogens (tertiary/aromatic N) is 1. The molecule has 8 heteroatoms. The molecule has 4 aliphatic rings. The van der Waals surface area contributed by atoms with Crippen molar-refractivity contribution in [3.05, 3.63) is 29.3 Å². The molecule has 1 aromatic rings. The summed E-state index contributed by atoms with van der Waals surface area (Å²) >= 11 is 17.4. The van der Waals surface area contributed by atoms with Gasteiger partial charge in [-0.2, -0.15) is 0 Å². The number of phenols is 1. The largest absolute Gasteiger partial charge is 0.508 e. The molecule has 1 amide bonds. The number of rotatable bonds is 2. The minimum absolute atomic E-state index is 0.0422. The average molecular weight is 488 g/mol. The number of amides is 1. The third-order valence-electron chi connectivity index (χ3n) is 8.78. The summed E-state index contributed by atoms with van der Waals surface area (Å²) in [6.45, 7) is 3.01. The Labute approximate surface area is 198 Å². The maximum absolute atomic E-state index is 12.9. The number of aromatic hydroxyl groups is 1. The van der Waals surface area contributed by atoms with Gasteiger partial charge in [-0.25, -0.2) is 4.79 Å². The van der Waals surface area contributed by atoms with Gasteiger partial charge in [0, 0.05) is 24.5 Å². The van der Waals surface area contributed by atoms with Gasteiger partial charge >= 0.3 is 6.09 Å². The van der Waals surface area contributed by atoms with E-state index in [0.29, 0.717) is 17.7 Å². The van der Waals surface area contributed by atoms with Gasteiger partial charge in [-0.1, -0.05) is 47.8 Å². The van der Waals surface area contributed by atoms with E-state index in [-0.39, 0.29) is 29.4 Å². The first-order valence-electron chi connectivity index (χ1n) is 11.1. The molecule has 31 heavy (non-hydrogen) atoms. The second kappa shape index (κ2) is 7.31. The summed E-state index contributed by atoms with van der Waals surface area (Å²) in [5, 5.41) is 14.2. The van der Waals surface area contributed by atoms with Gasteiger partial charge in [0.15, 0.2) is 0 Å². The molecule has 1 aliphatic heterocycles. The second-order valence-corrected chi connectivity index (χ2v) is 12.5. The van der Waals surface area contributed by atoms with Crippen LogP contribution >= 0.6 is 34.8 Å². The van der Waals surface area contributed by atoms with Gasteiger partial charge in [-0.3, -0.25) is 0 Å². The van der Waals surface area contributed by atoms with Crippen molar-refractivity contribution in [2.45, 2.75) is 60.3 Å². The summed E-state index contributed by atoms with van der Waals surface area (Å²) in [6.07, 6.45) is 4.69. The Bertz CT molecular complexity index is 907. The van der Waals surface area contributed by atoms with Gasteiger partial charge in [0.2, 0.25) is 3.79 Å². The van der Waals surface area contributed by atoms with E-state index < -0.39 is 9.89 Å². The Morgan fingerprint density at radius 1 is 1.35 bits per heavy atom. The van der Waals surface area contributed by atoms with Crippen LogP contribution in [-0.4, -0.2) is 52.2 Å². The van der Waals surface area contributed by atoms with Crippen LogP contribution in [0.15, 0.2) is 18.2 Å². The number of halogens is 3. The second-order valence-electron chi connectivity index (χ2n) is 10.0. The van der Waals surface area contributed by atoms with E-state index in [9.17, 15) is 9.90 Å². The van der Waals surface area contributed by atoms with Crippen molar-refractivity contribution < 1.29 is 14.6 Å². The number of nitrogens with one attached hydrogen (secondary N) is 1. The molecule has 1 aromatic carbocycles. The molecule has 3 aliphatic carbocycles. The van der Waals surface area contributed by atoms with Crippen LogP contribution in [0, 0.1) is 17.3 Å². The molecular formula is C23H29Cl3N2O3. The van der Waals surface area contributed by atoms with E-state index in [1.54, 1.807) is 11.0 Å². The predicted octanol–water partition coefficient (Wildman–Crippen LogP) is 4.79. The molecule has 1 saturated heterocycles. The summed E-state index contributed by atoms with van der Waals surface area (Å²) in [6, 6.07) is 6.37. The maximum Gasteiger partial charge on any atom is 0.409 e. The van der Waals surface area contributed by atoms with Crippen molar-refractivity contribution in [2.24, 2.45) is 17.3 Å². The minimum Gasteiger partial charge on any atom is -0.508 e. The molecular weight excluding hydrogens is 459 g/mol. The molecule has 2 saturated carbocycles. The third-order valence-corrected chi connectivity index (χ3v) is 9.10. The number of hydrogen-bond acceptors (Lipinski definition) is 4. The quantitative estimate of drug-likeness (QED) is 0.589. The van der Waals surface area contributed by atoms with Crippen molar-refractivity contribution in [3.8, 4) is 5.75 Å². The zero-order chi connectivity index (χ0) is 22.2. The normalized spacial score (nSPS) is 38.2. The van der Waals surface area contributed by atoms with Gasteiger partial charge in [-0.15, -0.1) is 0 Å². The molecule has 170 valence electrons. The molecule has 5 unspecified atom stereocenters. The molecule has 5 rings (SSSR count). The lowest BCUT2D eigenvalue weighted by atomic mass is 9.44. The monoisotopic (exact) mass is 486 g/mol. The Morgan fingerprint density at radius 3 is 2.87 bits per heavy atom. The average Bonchev–Trinajstić information content (AvgIpc) is 2.87. The molecule has 2 N–H and O–H groups in total. The fraction of sp³-hybridized carbons (Fsp3) is 0.696. The number of benzene rings is 1. The van der Waals surface area contributed by atoms with Gasteiger partial charge in [-0.05, 0) is 79.2 Å². The summed E-state index contributed by atoms with van der Waals surface area (Å²) in [5.41, 5.74) is 2.73. The number of ether oxygens (including phenoxy) is 1. The SMILES string of the molecule is C[C@H]1CC23CCC(N(C)C(=O)OCC(Cl)(Cl)Cl)C1C21CCNC3Cc2ccc(O)cc21. The first-order chi connectivity index (χ1) is 14.6. The number of piperidine rings is 1. The van der Waals surface area contributed by atoms with Crippen LogP contribution in [0.1, 0.15) is 43.7 Å². The topological polar surface area (TPSA) is 61.8 Å². The maximum atomic E-state index is 12.9. The predicted molar refractivity (Wildman–Crippen MR) is 122 cm³/mol. The number of carbonyl (C=O) groups is 1. The van der Waals surface area contributed by atoms with Gasteiger partial charge in [0.25, 0.3) is 0 Å². The standard InChI is InChI=1S/C23H29Cl3N2O3/c1-13-11-21-6-5-17(28(2)20(30)31-12-23(24,25)26)19(13)22(21)7-8-27-18(21)9-14-3-4-15(29)10-16(14)22/h3-4,10,13,17-19,27,29H,5-9,11-12H2,1-2H3/t13-,17?,18?,19?,21?,22?/m0/s1. The van der Waals surface area contributed by atoms with Crippen molar-refractivity contribution in [1.82, 2.24) is 10.2 Å². The van der Waals surface area contributed by atoms with Gasteiger partial charge in [0.1, 0.15) is 12.4 Å². The highest BCUT2D eigenvalue weighted by molar-refractivity contribution is 6.67. The van der Waals surface area contributed by atoms with Crippen molar-refractivity contribution in [2.75, 3.05) is 20.2 Å². The number of fused-ring (bicyclic) bond motifs is 1.